The first-order valence-electron chi connectivity index (χ1n) is 22.4. The normalized spacial score (nSPS) is 31.3. The molecule has 0 unspecified atom stereocenters. The smallest absolute Gasteiger partial charge is 0.338 e. The van der Waals surface area contributed by atoms with Crippen molar-refractivity contribution in [3.8, 4) is 0 Å². The van der Waals surface area contributed by atoms with Gasteiger partial charge in [-0.25, -0.2) is 14.4 Å². The van der Waals surface area contributed by atoms with E-state index in [-0.39, 0.29) is 22.3 Å². The lowest BCUT2D eigenvalue weighted by atomic mass is 9.44. The van der Waals surface area contributed by atoms with E-state index in [0.29, 0.717) is 5.56 Å². The van der Waals surface area contributed by atoms with Crippen LogP contribution < -0.4 is 5.32 Å². The Kier molecular flexibility index (Phi) is 14.4. The highest BCUT2D eigenvalue weighted by molar-refractivity contribution is 5.96. The second kappa shape index (κ2) is 19.5. The minimum Gasteiger partial charge on any atom is -0.459 e. The molecular formula is C50H57NO18. The summed E-state index contributed by atoms with van der Waals surface area (Å²) in [6.45, 7) is 5.12. The number of carbonyl (C=O) groups excluding carboxylic acids is 6. The van der Waals surface area contributed by atoms with Crippen LogP contribution in [0.25, 0.3) is 0 Å². The first-order chi connectivity index (χ1) is 32.5. The summed E-state index contributed by atoms with van der Waals surface area (Å²) >= 11 is 0. The molecule has 1 saturated heterocycles. The SMILES string of the molecule is CC(=O)O[C@@]12CO[C@@H]1C[C@H](OC(=O)[C@H](O)[C@@H](O)[C@H](O)CO)[C@@]1(C)C(=O)[C@H](O)C3=C(C)[C@@H](OC(=O)[C@H](O)[C@@H](NC(=O)c4ccccc4)c4ccccc4)C[C@@](O)([C@@H](OC(=O)c4ccccc4)[C@H]21)C3(C)C. The first-order valence-corrected chi connectivity index (χ1v) is 22.4. The average molecular weight is 960 g/mol. The number of ketones is 1. The summed E-state index contributed by atoms with van der Waals surface area (Å²) in [4.78, 5) is 84.7. The molecule has 14 atom stereocenters. The maximum absolute atomic E-state index is 15.6. The monoisotopic (exact) mass is 959 g/mol. The van der Waals surface area contributed by atoms with Gasteiger partial charge in [-0.05, 0) is 54.8 Å². The van der Waals surface area contributed by atoms with Crippen LogP contribution in [0.1, 0.15) is 79.8 Å². The third-order valence-electron chi connectivity index (χ3n) is 14.6. The molecule has 1 amide bonds. The number of esters is 4. The summed E-state index contributed by atoms with van der Waals surface area (Å²) in [5.74, 6) is -8.41. The lowest BCUT2D eigenvalue weighted by Gasteiger charge is -2.67. The third-order valence-corrected chi connectivity index (χ3v) is 14.6. The van der Waals surface area contributed by atoms with Gasteiger partial charge in [-0.15, -0.1) is 0 Å². The molecule has 2 bridgehead atoms. The van der Waals surface area contributed by atoms with E-state index in [9.17, 15) is 59.7 Å². The summed E-state index contributed by atoms with van der Waals surface area (Å²) < 4.78 is 30.2. The number of hydrogen-bond donors (Lipinski definition) is 8. The Hall–Kier alpha value is -5.90. The number of fused-ring (bicyclic) bond motifs is 5. The average Bonchev–Trinajstić information content (AvgIpc) is 3.33. The van der Waals surface area contributed by atoms with Gasteiger partial charge in [0.25, 0.3) is 5.91 Å². The van der Waals surface area contributed by atoms with Crippen LogP contribution in [-0.4, -0.2) is 151 Å². The predicted molar refractivity (Wildman–Crippen MR) is 237 cm³/mol. The van der Waals surface area contributed by atoms with E-state index in [2.05, 4.69) is 5.32 Å². The molecular weight excluding hydrogens is 903 g/mol. The van der Waals surface area contributed by atoms with Gasteiger partial charge in [0, 0.05) is 30.7 Å². The summed E-state index contributed by atoms with van der Waals surface area (Å²) in [6.07, 6.45) is -19.0. The molecule has 3 aliphatic carbocycles. The topological polar surface area (TPSA) is 302 Å². The molecule has 0 radical (unpaired) electrons. The van der Waals surface area contributed by atoms with E-state index in [1.165, 1.54) is 64.1 Å². The number of benzene rings is 3. The Labute approximate surface area is 396 Å². The summed E-state index contributed by atoms with van der Waals surface area (Å²) in [7, 11) is 0. The van der Waals surface area contributed by atoms with Gasteiger partial charge in [-0.1, -0.05) is 80.6 Å². The predicted octanol–water partition coefficient (Wildman–Crippen LogP) is 0.791. The molecule has 1 heterocycles. The number of Topliss-reactive ketones (excluding diaryl/α,β-unsaturated/α-hetero) is 1. The number of ether oxygens (including phenoxy) is 5. The molecule has 3 aromatic rings. The zero-order chi connectivity index (χ0) is 50.4. The number of rotatable bonds is 14. The van der Waals surface area contributed by atoms with Crippen molar-refractivity contribution in [2.45, 2.75) is 120 Å². The van der Waals surface area contributed by atoms with Crippen molar-refractivity contribution >= 4 is 35.6 Å². The van der Waals surface area contributed by atoms with Crippen LogP contribution in [0.3, 0.4) is 0 Å². The number of carbonyl (C=O) groups is 6. The van der Waals surface area contributed by atoms with E-state index < -0.39 is 151 Å². The van der Waals surface area contributed by atoms with Crippen molar-refractivity contribution in [1.29, 1.82) is 0 Å². The van der Waals surface area contributed by atoms with Gasteiger partial charge in [0.2, 0.25) is 0 Å². The van der Waals surface area contributed by atoms with Crippen molar-refractivity contribution in [3.05, 3.63) is 119 Å². The van der Waals surface area contributed by atoms with Crippen LogP contribution in [0.15, 0.2) is 102 Å². The van der Waals surface area contributed by atoms with E-state index in [1.54, 1.807) is 54.6 Å². The second-order valence-corrected chi connectivity index (χ2v) is 18.9. The zero-order valence-corrected chi connectivity index (χ0v) is 38.5. The second-order valence-electron chi connectivity index (χ2n) is 18.9. The van der Waals surface area contributed by atoms with Crippen LogP contribution in [-0.2, 0) is 42.9 Å². The van der Waals surface area contributed by atoms with Gasteiger partial charge in [-0.3, -0.25) is 14.4 Å². The molecule has 0 spiro atoms. The summed E-state index contributed by atoms with van der Waals surface area (Å²) in [5, 5.41) is 81.5. The van der Waals surface area contributed by atoms with Crippen LogP contribution >= 0.6 is 0 Å². The maximum atomic E-state index is 15.6. The number of aliphatic hydroxyl groups excluding tert-OH is 6. The Morgan fingerprint density at radius 2 is 1.38 bits per heavy atom. The van der Waals surface area contributed by atoms with E-state index in [4.69, 9.17) is 23.7 Å². The van der Waals surface area contributed by atoms with Gasteiger partial charge in [0.15, 0.2) is 23.6 Å². The number of hydrogen-bond acceptors (Lipinski definition) is 18. The molecule has 19 nitrogen and oxygen atoms in total. The quantitative estimate of drug-likeness (QED) is 0.0629. The first kappa shape index (κ1) is 51.0. The van der Waals surface area contributed by atoms with Gasteiger partial charge >= 0.3 is 23.9 Å². The molecule has 0 aromatic heterocycles. The Morgan fingerprint density at radius 1 is 0.812 bits per heavy atom. The van der Waals surface area contributed by atoms with Gasteiger partial charge in [-0.2, -0.15) is 0 Å². The van der Waals surface area contributed by atoms with Crippen LogP contribution in [0.4, 0.5) is 0 Å². The summed E-state index contributed by atoms with van der Waals surface area (Å²) in [6, 6.07) is 22.2. The fourth-order valence-corrected chi connectivity index (χ4v) is 10.8. The van der Waals surface area contributed by atoms with Crippen LogP contribution in [0, 0.1) is 16.7 Å². The molecule has 3 aromatic carbocycles. The highest BCUT2D eigenvalue weighted by Gasteiger charge is 2.79. The third kappa shape index (κ3) is 8.86. The van der Waals surface area contributed by atoms with Crippen LogP contribution in [0.2, 0.25) is 0 Å². The molecule has 19 heteroatoms. The van der Waals surface area contributed by atoms with Crippen molar-refractivity contribution in [1.82, 2.24) is 5.32 Å². The molecule has 4 aliphatic rings. The van der Waals surface area contributed by atoms with E-state index in [1.807, 2.05) is 0 Å². The summed E-state index contributed by atoms with van der Waals surface area (Å²) in [5.41, 5.74) is -8.39. The number of nitrogens with one attached hydrogen (secondary N) is 1. The standard InChI is InChI=1S/C50H57NO18/c1-25-31(66-45(62)38(57)35(27-15-9-6-10-16-27)51-43(60)28-17-11-7-12-18-28)22-50(64)42(68-44(61)29-19-13-8-14-20-29)40-48(5,41(59)37(56)34(25)47(50,3)4)32(21-33-49(40,24-65-33)69-26(2)53)67-46(63)39(58)36(55)30(54)23-52/h6-20,30-33,35-40,42,52,54-58,64H,21-24H2,1-5H3,(H,51,60)/t30-,31+,32+,33-,35+,36+,37-,38-,39-,40+,42+,48-,49+,50-/m1/s1. The Bertz CT molecular complexity index is 2470. The molecule has 7 rings (SSSR count). The molecule has 370 valence electrons. The fourth-order valence-electron chi connectivity index (χ4n) is 10.8. The van der Waals surface area contributed by atoms with Gasteiger partial charge in [0.1, 0.15) is 48.3 Å². The number of aliphatic hydroxyl groups is 7. The van der Waals surface area contributed by atoms with E-state index >= 15 is 4.79 Å². The number of amides is 1. The minimum atomic E-state index is -2.56. The van der Waals surface area contributed by atoms with Gasteiger partial charge < -0.3 is 64.7 Å². The molecule has 8 N–H and O–H groups in total. The molecule has 3 fully saturated rings. The minimum absolute atomic E-state index is 0.0336. The molecule has 2 saturated carbocycles. The van der Waals surface area contributed by atoms with E-state index in [0.717, 1.165) is 6.92 Å². The maximum Gasteiger partial charge on any atom is 0.338 e. The highest BCUT2D eigenvalue weighted by atomic mass is 16.6. The lowest BCUT2D eigenvalue weighted by molar-refractivity contribution is -0.346. The lowest BCUT2D eigenvalue weighted by Crippen LogP contribution is -2.82. The van der Waals surface area contributed by atoms with Crippen LogP contribution in [0.5, 0.6) is 0 Å². The van der Waals surface area contributed by atoms with Gasteiger partial charge in [0.05, 0.1) is 36.2 Å². The molecule has 69 heavy (non-hydrogen) atoms. The van der Waals surface area contributed by atoms with Crippen molar-refractivity contribution < 1.29 is 88.2 Å². The van der Waals surface area contributed by atoms with Crippen molar-refractivity contribution in [3.63, 3.8) is 0 Å². The Morgan fingerprint density at radius 3 is 1.93 bits per heavy atom. The molecule has 1 aliphatic heterocycles. The van der Waals surface area contributed by atoms with Crippen molar-refractivity contribution in [2.24, 2.45) is 16.7 Å². The fraction of sp³-hybridized carbons (Fsp3) is 0.480. The Balaban J connectivity index is 1.38. The highest BCUT2D eigenvalue weighted by Crippen LogP contribution is 2.64. The zero-order valence-electron chi connectivity index (χ0n) is 38.5. The van der Waals surface area contributed by atoms with Crippen molar-refractivity contribution in [2.75, 3.05) is 13.2 Å². The largest absolute Gasteiger partial charge is 0.459 e.